The number of nitrogens with two attached hydrogens (primary N) is 1. The van der Waals surface area contributed by atoms with E-state index in [-0.39, 0.29) is 10.9 Å². The fourth-order valence-corrected chi connectivity index (χ4v) is 4.02. The topological polar surface area (TPSA) is 107 Å². The van der Waals surface area contributed by atoms with Crippen LogP contribution in [-0.2, 0) is 19.6 Å². The Hall–Kier alpha value is -1.44. The van der Waals surface area contributed by atoms with Crippen molar-refractivity contribution in [2.75, 3.05) is 6.61 Å². The van der Waals surface area contributed by atoms with Crippen molar-refractivity contribution in [1.82, 2.24) is 0 Å². The van der Waals surface area contributed by atoms with Crippen LogP contribution in [0.1, 0.15) is 110 Å². The molecule has 0 aliphatic carbocycles. The highest BCUT2D eigenvalue weighted by atomic mass is 32.2. The maximum absolute atomic E-state index is 11.6. The van der Waals surface area contributed by atoms with Crippen molar-refractivity contribution >= 4 is 16.1 Å². The van der Waals surface area contributed by atoms with Gasteiger partial charge in [0.25, 0.3) is 10.1 Å². The van der Waals surface area contributed by atoms with E-state index >= 15 is 0 Å². The first-order valence-corrected chi connectivity index (χ1v) is 14.5. The molecule has 1 unspecified atom stereocenters. The van der Waals surface area contributed by atoms with E-state index in [1.165, 1.54) is 76.3 Å². The average molecular weight is 500 g/mol. The molecule has 1 atom stereocenters. The van der Waals surface area contributed by atoms with Crippen LogP contribution in [0.3, 0.4) is 0 Å². The average Bonchev–Trinajstić information content (AvgIpc) is 2.76. The Morgan fingerprint density at radius 3 is 1.74 bits per heavy atom. The van der Waals surface area contributed by atoms with Crippen LogP contribution in [0.25, 0.3) is 0 Å². The highest BCUT2D eigenvalue weighted by Crippen LogP contribution is 2.12. The predicted octanol–water partition coefficient (Wildman–Crippen LogP) is 6.85. The molecule has 0 aromatic heterocycles. The van der Waals surface area contributed by atoms with Crippen molar-refractivity contribution in [1.29, 1.82) is 0 Å². The summed E-state index contributed by atoms with van der Waals surface area (Å²) in [5, 5.41) is 0. The largest absolute Gasteiger partial charge is 0.465 e. The van der Waals surface area contributed by atoms with E-state index in [1.54, 1.807) is 12.1 Å². The van der Waals surface area contributed by atoms with Gasteiger partial charge in [0.2, 0.25) is 0 Å². The number of ether oxygens (including phenoxy) is 1. The Balaban J connectivity index is 0.000000818. The molecule has 0 aliphatic rings. The summed E-state index contributed by atoms with van der Waals surface area (Å²) in [5.74, 6) is 0.200. The van der Waals surface area contributed by atoms with Crippen molar-refractivity contribution in [3.63, 3.8) is 0 Å². The SMILES string of the molecule is CCCCCCCCCCCCCCOC(=O)C(N)CC(C)C.Cc1ccc(S(=O)(=O)O)cc1. The van der Waals surface area contributed by atoms with E-state index in [0.29, 0.717) is 18.9 Å². The third-order valence-electron chi connectivity index (χ3n) is 5.59. The number of rotatable bonds is 17. The molecule has 0 spiro atoms. The molecule has 0 bridgehead atoms. The van der Waals surface area contributed by atoms with E-state index in [9.17, 15) is 13.2 Å². The van der Waals surface area contributed by atoms with Gasteiger partial charge in [-0.1, -0.05) is 109 Å². The molecule has 198 valence electrons. The Labute approximate surface area is 208 Å². The van der Waals surface area contributed by atoms with Crippen molar-refractivity contribution in [2.24, 2.45) is 11.7 Å². The van der Waals surface area contributed by atoms with Gasteiger partial charge in [-0.15, -0.1) is 0 Å². The molecule has 1 rings (SSSR count). The molecule has 0 radical (unpaired) electrons. The monoisotopic (exact) mass is 499 g/mol. The van der Waals surface area contributed by atoms with E-state index in [2.05, 4.69) is 20.8 Å². The van der Waals surface area contributed by atoms with Crippen molar-refractivity contribution in [3.05, 3.63) is 29.8 Å². The van der Waals surface area contributed by atoms with Crippen molar-refractivity contribution in [2.45, 2.75) is 122 Å². The number of hydrogen-bond acceptors (Lipinski definition) is 5. The molecule has 0 aliphatic heterocycles. The minimum absolute atomic E-state index is 0.0666. The van der Waals surface area contributed by atoms with Gasteiger partial charge in [-0.2, -0.15) is 8.42 Å². The first-order chi connectivity index (χ1) is 16.1. The summed E-state index contributed by atoms with van der Waals surface area (Å²) < 4.78 is 34.8. The molecule has 7 heteroatoms. The van der Waals surface area contributed by atoms with Crippen molar-refractivity contribution < 1.29 is 22.5 Å². The number of unbranched alkanes of at least 4 members (excludes halogenated alkanes) is 11. The van der Waals surface area contributed by atoms with Gasteiger partial charge in [0, 0.05) is 0 Å². The summed E-state index contributed by atoms with van der Waals surface area (Å²) >= 11 is 0. The molecule has 1 aromatic carbocycles. The number of hydrogen-bond donors (Lipinski definition) is 2. The summed E-state index contributed by atoms with van der Waals surface area (Å²) in [6.07, 6.45) is 16.5. The lowest BCUT2D eigenvalue weighted by atomic mass is 10.0. The van der Waals surface area contributed by atoms with Crippen LogP contribution in [0.4, 0.5) is 0 Å². The number of carbonyl (C=O) groups is 1. The molecule has 3 N–H and O–H groups in total. The number of carbonyl (C=O) groups excluding carboxylic acids is 1. The number of benzene rings is 1. The van der Waals surface area contributed by atoms with Gasteiger partial charge in [-0.3, -0.25) is 9.35 Å². The van der Waals surface area contributed by atoms with Crippen molar-refractivity contribution in [3.8, 4) is 0 Å². The molecule has 6 nitrogen and oxygen atoms in total. The minimum Gasteiger partial charge on any atom is -0.465 e. The zero-order chi connectivity index (χ0) is 25.8. The Kier molecular flexibility index (Phi) is 19.0. The first-order valence-electron chi connectivity index (χ1n) is 13.0. The molecule has 0 fully saturated rings. The number of aryl methyl sites for hydroxylation is 1. The van der Waals surface area contributed by atoms with E-state index in [0.717, 1.165) is 18.4 Å². The van der Waals surface area contributed by atoms with Gasteiger partial charge in [0.15, 0.2) is 0 Å². The van der Waals surface area contributed by atoms with Crippen LogP contribution in [0.5, 0.6) is 0 Å². The standard InChI is InChI=1S/C20H41NO2.C7H8O3S/c1-4-5-6-7-8-9-10-11-12-13-14-15-16-23-20(22)19(21)17-18(2)3;1-6-2-4-7(5-3-6)11(8,9)10/h18-19H,4-17,21H2,1-3H3;2-5H,1H3,(H,8,9,10). The number of esters is 1. The molecule has 0 saturated heterocycles. The molecule has 1 aromatic rings. The Morgan fingerprint density at radius 1 is 0.882 bits per heavy atom. The third-order valence-corrected chi connectivity index (χ3v) is 6.46. The third kappa shape index (κ3) is 18.9. The van der Waals surface area contributed by atoms with Crippen LogP contribution >= 0.6 is 0 Å². The first kappa shape index (κ1) is 32.6. The fraction of sp³-hybridized carbons (Fsp3) is 0.741. The zero-order valence-corrected chi connectivity index (χ0v) is 22.7. The molecular weight excluding hydrogens is 450 g/mol. The minimum atomic E-state index is -4.02. The van der Waals surface area contributed by atoms with Crippen LogP contribution in [0.15, 0.2) is 29.2 Å². The Bertz CT molecular complexity index is 732. The second-order valence-corrected chi connectivity index (χ2v) is 11.0. The lowest BCUT2D eigenvalue weighted by molar-refractivity contribution is -0.145. The van der Waals surface area contributed by atoms with E-state index in [1.807, 2.05) is 6.92 Å². The van der Waals surface area contributed by atoms with E-state index in [4.69, 9.17) is 15.0 Å². The van der Waals surface area contributed by atoms with Crippen LogP contribution in [0.2, 0.25) is 0 Å². The lowest BCUT2D eigenvalue weighted by Gasteiger charge is -2.13. The van der Waals surface area contributed by atoms with Gasteiger partial charge >= 0.3 is 5.97 Å². The van der Waals surface area contributed by atoms with Crippen LogP contribution < -0.4 is 5.73 Å². The van der Waals surface area contributed by atoms with Gasteiger partial charge in [0.05, 0.1) is 11.5 Å². The zero-order valence-electron chi connectivity index (χ0n) is 21.9. The van der Waals surface area contributed by atoms with Gasteiger partial charge in [-0.05, 0) is 37.8 Å². The van der Waals surface area contributed by atoms with Gasteiger partial charge < -0.3 is 10.5 Å². The second-order valence-electron chi connectivity index (χ2n) is 9.58. The molecule has 0 amide bonds. The summed E-state index contributed by atoms with van der Waals surface area (Å²) in [6.45, 7) is 8.77. The lowest BCUT2D eigenvalue weighted by Crippen LogP contribution is -2.33. The fourth-order valence-electron chi connectivity index (χ4n) is 3.54. The van der Waals surface area contributed by atoms with Gasteiger partial charge in [0.1, 0.15) is 6.04 Å². The maximum atomic E-state index is 11.6. The summed E-state index contributed by atoms with van der Waals surface area (Å²) in [7, 11) is -4.02. The normalized spacial score (nSPS) is 12.2. The molecule has 0 saturated carbocycles. The molecular formula is C27H49NO5S. The van der Waals surface area contributed by atoms with Gasteiger partial charge in [-0.25, -0.2) is 0 Å². The van der Waals surface area contributed by atoms with Crippen LogP contribution in [0, 0.1) is 12.8 Å². The summed E-state index contributed by atoms with van der Waals surface area (Å²) in [4.78, 5) is 11.6. The molecule has 0 heterocycles. The molecule has 34 heavy (non-hydrogen) atoms. The smallest absolute Gasteiger partial charge is 0.322 e. The quantitative estimate of drug-likeness (QED) is 0.138. The highest BCUT2D eigenvalue weighted by molar-refractivity contribution is 7.85. The maximum Gasteiger partial charge on any atom is 0.322 e. The van der Waals surface area contributed by atoms with E-state index < -0.39 is 16.2 Å². The predicted molar refractivity (Wildman–Crippen MR) is 140 cm³/mol. The summed E-state index contributed by atoms with van der Waals surface area (Å²) in [6, 6.07) is 5.54. The Morgan fingerprint density at radius 2 is 1.32 bits per heavy atom. The summed E-state index contributed by atoms with van der Waals surface area (Å²) in [5.41, 5.74) is 6.75. The van der Waals surface area contributed by atoms with Crippen LogP contribution in [-0.4, -0.2) is 31.6 Å². The highest BCUT2D eigenvalue weighted by Gasteiger charge is 2.15. The second kappa shape index (κ2) is 19.8.